The van der Waals surface area contributed by atoms with Crippen molar-refractivity contribution < 1.29 is 19.7 Å². The number of aliphatic hydroxyl groups is 1. The molecule has 2 aromatic carbocycles. The van der Waals surface area contributed by atoms with E-state index in [4.69, 9.17) is 16.2 Å². The zero-order valence-corrected chi connectivity index (χ0v) is 27.6. The molecule has 45 heavy (non-hydrogen) atoms. The Morgan fingerprint density at radius 1 is 1.11 bits per heavy atom. The predicted molar refractivity (Wildman–Crippen MR) is 176 cm³/mol. The highest BCUT2D eigenvalue weighted by molar-refractivity contribution is 5.79. The summed E-state index contributed by atoms with van der Waals surface area (Å²) in [6, 6.07) is 13.3. The molecule has 9 nitrogen and oxygen atoms in total. The van der Waals surface area contributed by atoms with Crippen molar-refractivity contribution in [2.45, 2.75) is 102 Å². The molecule has 2 fully saturated rings. The average Bonchev–Trinajstić information content (AvgIpc) is 3.32. The molecular weight excluding hydrogens is 566 g/mol. The van der Waals surface area contributed by atoms with Crippen molar-refractivity contribution in [2.24, 2.45) is 27.3 Å². The van der Waals surface area contributed by atoms with Crippen LogP contribution in [0.2, 0.25) is 0 Å². The summed E-state index contributed by atoms with van der Waals surface area (Å²) in [7, 11) is 1.87. The third-order valence-electron chi connectivity index (χ3n) is 11.4. The number of benzene rings is 2. The number of carbonyl (C=O) groups is 1. The van der Waals surface area contributed by atoms with E-state index in [9.17, 15) is 15.0 Å². The SMILES string of the molecule is CN(C(=O)Cc1ccccc1)C1CCC2(O)C3Cc4ccc(O)c5c4C2(CCN3CCC(C)(C)CC(C)(C)CN=C(N)N)C1O5. The van der Waals surface area contributed by atoms with Gasteiger partial charge in [0, 0.05) is 25.2 Å². The van der Waals surface area contributed by atoms with E-state index >= 15 is 0 Å². The Kier molecular flexibility index (Phi) is 7.88. The molecule has 244 valence electrons. The molecule has 4 aliphatic rings. The molecule has 5 atom stereocenters. The third kappa shape index (κ3) is 5.35. The topological polar surface area (TPSA) is 138 Å². The molecule has 2 aliphatic heterocycles. The molecule has 0 radical (unpaired) electrons. The van der Waals surface area contributed by atoms with E-state index in [1.54, 1.807) is 6.07 Å². The largest absolute Gasteiger partial charge is 0.504 e. The van der Waals surface area contributed by atoms with Crippen molar-refractivity contribution >= 4 is 11.9 Å². The Bertz CT molecular complexity index is 1470. The number of guanidine groups is 1. The molecule has 1 amide bonds. The first-order valence-corrected chi connectivity index (χ1v) is 16.5. The van der Waals surface area contributed by atoms with Gasteiger partial charge in [0.05, 0.1) is 23.5 Å². The fourth-order valence-electron chi connectivity index (χ4n) is 9.54. The average molecular weight is 618 g/mol. The number of amides is 1. The molecule has 6 rings (SSSR count). The fraction of sp³-hybridized carbons (Fsp3) is 0.611. The quantitative estimate of drug-likeness (QED) is 0.236. The van der Waals surface area contributed by atoms with Crippen LogP contribution in [0.25, 0.3) is 0 Å². The number of phenolic OH excluding ortho intramolecular Hbond substituents is 1. The lowest BCUT2D eigenvalue weighted by molar-refractivity contribution is -0.200. The van der Waals surface area contributed by atoms with Gasteiger partial charge in [0.15, 0.2) is 17.5 Å². The van der Waals surface area contributed by atoms with Crippen molar-refractivity contribution in [3.63, 3.8) is 0 Å². The van der Waals surface area contributed by atoms with Crippen LogP contribution in [0.5, 0.6) is 11.5 Å². The summed E-state index contributed by atoms with van der Waals surface area (Å²) in [4.78, 5) is 22.2. The number of nitrogens with two attached hydrogens (primary N) is 2. The number of nitrogens with zero attached hydrogens (tertiary/aromatic N) is 3. The monoisotopic (exact) mass is 617 g/mol. The number of hydrogen-bond acceptors (Lipinski definition) is 6. The highest BCUT2D eigenvalue weighted by atomic mass is 16.5. The summed E-state index contributed by atoms with van der Waals surface area (Å²) in [6.45, 7) is 11.3. The van der Waals surface area contributed by atoms with Gasteiger partial charge in [0.2, 0.25) is 5.91 Å². The minimum absolute atomic E-state index is 0.0341. The van der Waals surface area contributed by atoms with Crippen molar-refractivity contribution in [2.75, 3.05) is 26.7 Å². The standard InChI is InChI=1S/C36H51N5O4/c1-33(2,21-34(3,4)22-39-32(37)38)15-17-41-18-16-35-29-24-11-12-26(42)30(29)45-31(35)25(13-14-36(35,44)27(41)20-24)40(5)28(43)19-23-9-7-6-8-10-23/h6-12,25,27,31,42,44H,13-22H2,1-5H3,(H4,37,38,39). The predicted octanol–water partition coefficient (Wildman–Crippen LogP) is 3.72. The smallest absolute Gasteiger partial charge is 0.227 e. The number of likely N-dealkylation sites (tertiary alicyclic amines) is 1. The summed E-state index contributed by atoms with van der Waals surface area (Å²) < 4.78 is 6.70. The first-order valence-electron chi connectivity index (χ1n) is 16.5. The number of likely N-dealkylation sites (N-methyl/N-ethyl adjacent to an activating group) is 1. The Morgan fingerprint density at radius 3 is 2.56 bits per heavy atom. The van der Waals surface area contributed by atoms with Crippen molar-refractivity contribution in [1.82, 2.24) is 9.80 Å². The molecule has 2 aliphatic carbocycles. The summed E-state index contributed by atoms with van der Waals surface area (Å²) >= 11 is 0. The van der Waals surface area contributed by atoms with Crippen LogP contribution in [-0.4, -0.2) is 82.4 Å². The Labute approximate surface area is 267 Å². The zero-order chi connectivity index (χ0) is 32.4. The maximum absolute atomic E-state index is 13.6. The number of rotatable bonds is 10. The Balaban J connectivity index is 1.26. The lowest BCUT2D eigenvalue weighted by Gasteiger charge is -2.64. The van der Waals surface area contributed by atoms with Gasteiger partial charge in [-0.25, -0.2) is 0 Å². The number of aliphatic imine (C=N–C) groups is 1. The zero-order valence-electron chi connectivity index (χ0n) is 27.6. The van der Waals surface area contributed by atoms with Gasteiger partial charge in [-0.15, -0.1) is 0 Å². The van der Waals surface area contributed by atoms with Crippen LogP contribution in [0, 0.1) is 10.8 Å². The summed E-state index contributed by atoms with van der Waals surface area (Å²) in [5, 5.41) is 23.9. The Morgan fingerprint density at radius 2 is 1.84 bits per heavy atom. The maximum Gasteiger partial charge on any atom is 0.227 e. The van der Waals surface area contributed by atoms with E-state index in [0.717, 1.165) is 42.6 Å². The second-order valence-corrected chi connectivity index (χ2v) is 15.7. The first-order chi connectivity index (χ1) is 21.2. The molecule has 1 saturated carbocycles. The van der Waals surface area contributed by atoms with Crippen LogP contribution in [-0.2, 0) is 23.1 Å². The van der Waals surface area contributed by atoms with Crippen molar-refractivity contribution in [1.29, 1.82) is 0 Å². The van der Waals surface area contributed by atoms with Crippen LogP contribution in [0.1, 0.15) is 76.5 Å². The second-order valence-electron chi connectivity index (χ2n) is 15.7. The molecule has 2 bridgehead atoms. The van der Waals surface area contributed by atoms with Gasteiger partial charge in [-0.05, 0) is 79.6 Å². The highest BCUT2D eigenvalue weighted by Gasteiger charge is 2.73. The lowest BCUT2D eigenvalue weighted by Crippen LogP contribution is -2.78. The van der Waals surface area contributed by atoms with Crippen LogP contribution >= 0.6 is 0 Å². The normalized spacial score (nSPS) is 28.6. The van der Waals surface area contributed by atoms with E-state index < -0.39 is 17.1 Å². The molecule has 1 saturated heterocycles. The van der Waals surface area contributed by atoms with Crippen LogP contribution < -0.4 is 16.2 Å². The van der Waals surface area contributed by atoms with Crippen LogP contribution in [0.3, 0.4) is 0 Å². The van der Waals surface area contributed by atoms with Crippen LogP contribution in [0.4, 0.5) is 0 Å². The molecular formula is C36H51N5O4. The van der Waals surface area contributed by atoms with Gasteiger partial charge in [0.25, 0.3) is 0 Å². The summed E-state index contributed by atoms with van der Waals surface area (Å²) in [5.74, 6) is 0.776. The Hall–Kier alpha value is -3.30. The van der Waals surface area contributed by atoms with E-state index in [-0.39, 0.29) is 40.5 Å². The minimum atomic E-state index is -1.03. The molecule has 2 heterocycles. The number of ether oxygens (including phenoxy) is 1. The van der Waals surface area contributed by atoms with Gasteiger partial charge >= 0.3 is 0 Å². The number of hydrogen-bond donors (Lipinski definition) is 4. The minimum Gasteiger partial charge on any atom is -0.504 e. The van der Waals surface area contributed by atoms with E-state index in [1.165, 1.54) is 0 Å². The van der Waals surface area contributed by atoms with Crippen molar-refractivity contribution in [3.8, 4) is 11.5 Å². The van der Waals surface area contributed by atoms with Crippen LogP contribution in [0.15, 0.2) is 47.5 Å². The summed E-state index contributed by atoms with van der Waals surface area (Å²) in [6.07, 6.45) is 4.46. The maximum atomic E-state index is 13.6. The summed E-state index contributed by atoms with van der Waals surface area (Å²) in [5.41, 5.74) is 12.6. The van der Waals surface area contributed by atoms with E-state index in [0.29, 0.717) is 44.4 Å². The molecule has 5 unspecified atom stereocenters. The molecule has 0 aromatic heterocycles. The van der Waals surface area contributed by atoms with Crippen molar-refractivity contribution in [3.05, 3.63) is 59.2 Å². The molecule has 2 aromatic rings. The lowest BCUT2D eigenvalue weighted by atomic mass is 9.48. The fourth-order valence-corrected chi connectivity index (χ4v) is 9.54. The highest BCUT2D eigenvalue weighted by Crippen LogP contribution is 2.66. The molecule has 6 N–H and O–H groups in total. The number of piperidine rings is 1. The van der Waals surface area contributed by atoms with E-state index in [2.05, 4.69) is 37.6 Å². The molecule has 9 heteroatoms. The van der Waals surface area contributed by atoms with Gasteiger partial charge in [-0.2, -0.15) is 0 Å². The first kappa shape index (κ1) is 31.7. The molecule has 1 spiro atoms. The number of phenols is 1. The van der Waals surface area contributed by atoms with Gasteiger partial charge in [0.1, 0.15) is 6.10 Å². The van der Waals surface area contributed by atoms with Gasteiger partial charge in [-0.3, -0.25) is 14.7 Å². The number of aromatic hydroxyl groups is 1. The van der Waals surface area contributed by atoms with Gasteiger partial charge in [-0.1, -0.05) is 64.1 Å². The second kappa shape index (κ2) is 11.2. The van der Waals surface area contributed by atoms with Gasteiger partial charge < -0.3 is 31.3 Å². The number of carbonyl (C=O) groups excluding carboxylic acids is 1. The van der Waals surface area contributed by atoms with E-state index in [1.807, 2.05) is 48.3 Å². The third-order valence-corrected chi connectivity index (χ3v) is 11.4.